The maximum atomic E-state index is 12.2. The lowest BCUT2D eigenvalue weighted by molar-refractivity contribution is 0.101. The summed E-state index contributed by atoms with van der Waals surface area (Å²) in [5.41, 5.74) is 2.01. The molecule has 0 bridgehead atoms. The number of carbonyl (C=O) groups excluding carboxylic acids is 1. The highest BCUT2D eigenvalue weighted by atomic mass is 32.2. The Balaban J connectivity index is 2.31. The van der Waals surface area contributed by atoms with Gasteiger partial charge in [-0.25, -0.2) is 8.42 Å². The van der Waals surface area contributed by atoms with Crippen molar-refractivity contribution in [3.05, 3.63) is 41.1 Å². The van der Waals surface area contributed by atoms with Crippen LogP contribution in [0.5, 0.6) is 0 Å². The highest BCUT2D eigenvalue weighted by Crippen LogP contribution is 2.19. The Morgan fingerprint density at radius 3 is 2.25 bits per heavy atom. The number of Topliss-reactive ketones (excluding diaryl/α,β-unsaturated/α-hetero) is 1. The number of aromatic amines is 1. The zero-order chi connectivity index (χ0) is 14.9. The van der Waals surface area contributed by atoms with Crippen molar-refractivity contribution in [3.8, 4) is 0 Å². The van der Waals surface area contributed by atoms with Crippen molar-refractivity contribution >= 4 is 21.6 Å². The summed E-state index contributed by atoms with van der Waals surface area (Å²) < 4.78 is 26.8. The van der Waals surface area contributed by atoms with Gasteiger partial charge in [0.2, 0.25) is 0 Å². The summed E-state index contributed by atoms with van der Waals surface area (Å²) in [4.78, 5) is 11.3. The van der Waals surface area contributed by atoms with E-state index in [0.717, 1.165) is 11.3 Å². The van der Waals surface area contributed by atoms with E-state index < -0.39 is 10.0 Å². The van der Waals surface area contributed by atoms with E-state index in [4.69, 9.17) is 0 Å². The minimum atomic E-state index is -3.71. The van der Waals surface area contributed by atoms with E-state index in [1.165, 1.54) is 31.2 Å². The summed E-state index contributed by atoms with van der Waals surface area (Å²) in [6.07, 6.45) is 0. The number of hydrogen-bond acceptors (Lipinski definition) is 4. The van der Waals surface area contributed by atoms with Crippen molar-refractivity contribution in [2.75, 3.05) is 4.72 Å². The van der Waals surface area contributed by atoms with Gasteiger partial charge in [0.05, 0.1) is 4.90 Å². The Hall–Kier alpha value is -2.15. The highest BCUT2D eigenvalue weighted by Gasteiger charge is 2.17. The molecule has 20 heavy (non-hydrogen) atoms. The number of aryl methyl sites for hydroxylation is 1. The van der Waals surface area contributed by atoms with Crippen molar-refractivity contribution < 1.29 is 13.2 Å². The maximum Gasteiger partial charge on any atom is 0.263 e. The molecule has 6 nitrogen and oxygen atoms in total. The topological polar surface area (TPSA) is 91.9 Å². The first-order valence-electron chi connectivity index (χ1n) is 5.96. The number of H-pyrrole nitrogens is 1. The van der Waals surface area contributed by atoms with Crippen LogP contribution < -0.4 is 4.72 Å². The monoisotopic (exact) mass is 293 g/mol. The van der Waals surface area contributed by atoms with Gasteiger partial charge in [-0.15, -0.1) is 0 Å². The van der Waals surface area contributed by atoms with Crippen LogP contribution in [0, 0.1) is 13.8 Å². The second-order valence-electron chi connectivity index (χ2n) is 4.51. The molecule has 106 valence electrons. The van der Waals surface area contributed by atoms with Gasteiger partial charge < -0.3 is 0 Å². The third kappa shape index (κ3) is 2.72. The van der Waals surface area contributed by atoms with Crippen LogP contribution in [0.2, 0.25) is 0 Å². The molecule has 1 aromatic carbocycles. The SMILES string of the molecule is CC(=O)c1ccc(S(=O)(=O)Nc2n[nH]c(C)c2C)cc1. The molecule has 0 atom stereocenters. The number of carbonyl (C=O) groups is 1. The van der Waals surface area contributed by atoms with E-state index >= 15 is 0 Å². The van der Waals surface area contributed by atoms with Crippen molar-refractivity contribution in [2.45, 2.75) is 25.7 Å². The van der Waals surface area contributed by atoms with Gasteiger partial charge in [0.25, 0.3) is 10.0 Å². The van der Waals surface area contributed by atoms with E-state index in [9.17, 15) is 13.2 Å². The molecule has 0 saturated heterocycles. The molecule has 7 heteroatoms. The van der Waals surface area contributed by atoms with E-state index in [2.05, 4.69) is 14.9 Å². The molecule has 1 aromatic heterocycles. The zero-order valence-corrected chi connectivity index (χ0v) is 12.2. The van der Waals surface area contributed by atoms with Crippen molar-refractivity contribution in [3.63, 3.8) is 0 Å². The normalized spacial score (nSPS) is 11.3. The van der Waals surface area contributed by atoms with Crippen LogP contribution in [0.4, 0.5) is 5.82 Å². The third-order valence-corrected chi connectivity index (χ3v) is 4.41. The number of rotatable bonds is 4. The zero-order valence-electron chi connectivity index (χ0n) is 11.4. The van der Waals surface area contributed by atoms with Gasteiger partial charge in [0, 0.05) is 16.8 Å². The average Bonchev–Trinajstić information content (AvgIpc) is 2.70. The molecule has 2 N–H and O–H groups in total. The molecular weight excluding hydrogens is 278 g/mol. The lowest BCUT2D eigenvalue weighted by Gasteiger charge is -2.07. The number of hydrogen-bond donors (Lipinski definition) is 2. The van der Waals surface area contributed by atoms with Gasteiger partial charge in [-0.2, -0.15) is 5.10 Å². The Labute approximate surface area is 117 Å². The molecule has 2 rings (SSSR count). The van der Waals surface area contributed by atoms with Gasteiger partial charge in [-0.3, -0.25) is 14.6 Å². The van der Waals surface area contributed by atoms with Crippen molar-refractivity contribution in [2.24, 2.45) is 0 Å². The number of aromatic nitrogens is 2. The molecule has 0 aliphatic carbocycles. The van der Waals surface area contributed by atoms with Crippen LogP contribution in [0.15, 0.2) is 29.2 Å². The standard InChI is InChI=1S/C13H15N3O3S/c1-8-9(2)14-15-13(8)16-20(18,19)12-6-4-11(5-7-12)10(3)17/h4-7H,1-3H3,(H2,14,15,16). The summed E-state index contributed by atoms with van der Waals surface area (Å²) in [6.45, 7) is 5.01. The fourth-order valence-electron chi connectivity index (χ4n) is 1.64. The number of anilines is 1. The minimum Gasteiger partial charge on any atom is -0.295 e. The number of nitrogens with one attached hydrogen (secondary N) is 2. The van der Waals surface area contributed by atoms with Crippen LogP contribution in [0.3, 0.4) is 0 Å². The van der Waals surface area contributed by atoms with Crippen LogP contribution in [0.25, 0.3) is 0 Å². The first kappa shape index (κ1) is 14.3. The first-order valence-corrected chi connectivity index (χ1v) is 7.45. The number of benzene rings is 1. The van der Waals surface area contributed by atoms with Crippen LogP contribution in [-0.4, -0.2) is 24.4 Å². The molecule has 0 aliphatic heterocycles. The highest BCUT2D eigenvalue weighted by molar-refractivity contribution is 7.92. The smallest absolute Gasteiger partial charge is 0.263 e. The van der Waals surface area contributed by atoms with Gasteiger partial charge >= 0.3 is 0 Å². The third-order valence-electron chi connectivity index (χ3n) is 3.06. The van der Waals surface area contributed by atoms with Gasteiger partial charge in [0.15, 0.2) is 11.6 Å². The summed E-state index contributed by atoms with van der Waals surface area (Å²) >= 11 is 0. The fraction of sp³-hybridized carbons (Fsp3) is 0.231. The number of ketones is 1. The second-order valence-corrected chi connectivity index (χ2v) is 6.19. The lowest BCUT2D eigenvalue weighted by atomic mass is 10.2. The summed E-state index contributed by atoms with van der Waals surface area (Å²) in [7, 11) is -3.71. The van der Waals surface area contributed by atoms with Gasteiger partial charge in [-0.1, -0.05) is 12.1 Å². The summed E-state index contributed by atoms with van der Waals surface area (Å²) in [5, 5.41) is 6.62. The molecule has 2 aromatic rings. The quantitative estimate of drug-likeness (QED) is 0.844. The molecule has 0 spiro atoms. The van der Waals surface area contributed by atoms with E-state index in [0.29, 0.717) is 5.56 Å². The maximum absolute atomic E-state index is 12.2. The molecule has 0 aliphatic rings. The number of sulfonamides is 1. The molecule has 1 heterocycles. The molecular formula is C13H15N3O3S. The predicted molar refractivity (Wildman–Crippen MR) is 75.3 cm³/mol. The van der Waals surface area contributed by atoms with Gasteiger partial charge in [0.1, 0.15) is 0 Å². The van der Waals surface area contributed by atoms with Crippen LogP contribution in [0.1, 0.15) is 28.5 Å². The predicted octanol–water partition coefficient (Wildman–Crippen LogP) is 2.03. The first-order chi connectivity index (χ1) is 9.31. The molecule has 0 saturated carbocycles. The molecule has 0 amide bonds. The van der Waals surface area contributed by atoms with Crippen molar-refractivity contribution in [1.29, 1.82) is 0 Å². The molecule has 0 radical (unpaired) electrons. The summed E-state index contributed by atoms with van der Waals surface area (Å²) in [6, 6.07) is 5.76. The summed E-state index contributed by atoms with van der Waals surface area (Å²) in [5.74, 6) is 0.166. The largest absolute Gasteiger partial charge is 0.295 e. The number of nitrogens with zero attached hydrogens (tertiary/aromatic N) is 1. The molecule has 0 unspecified atom stereocenters. The Bertz CT molecular complexity index is 746. The second kappa shape index (κ2) is 5.09. The Kier molecular flexibility index (Phi) is 3.63. The van der Waals surface area contributed by atoms with Crippen molar-refractivity contribution in [1.82, 2.24) is 10.2 Å². The van der Waals surface area contributed by atoms with E-state index in [-0.39, 0.29) is 16.5 Å². The fourth-order valence-corrected chi connectivity index (χ4v) is 2.70. The molecule has 0 fully saturated rings. The average molecular weight is 293 g/mol. The van der Waals surface area contributed by atoms with Crippen LogP contribution in [-0.2, 0) is 10.0 Å². The Morgan fingerprint density at radius 2 is 1.80 bits per heavy atom. The minimum absolute atomic E-state index is 0.0857. The van der Waals surface area contributed by atoms with Crippen LogP contribution >= 0.6 is 0 Å². The van der Waals surface area contributed by atoms with Gasteiger partial charge in [-0.05, 0) is 32.9 Å². The Morgan fingerprint density at radius 1 is 1.20 bits per heavy atom. The lowest BCUT2D eigenvalue weighted by Crippen LogP contribution is -2.14. The van der Waals surface area contributed by atoms with E-state index in [1.807, 2.05) is 6.92 Å². The van der Waals surface area contributed by atoms with E-state index in [1.54, 1.807) is 6.92 Å².